The SMILES string of the molecule is O=C(ON1CCC(c2ccc(OCc3ccccc3)cc2OCc2ccccc2)C1)C(F)(F)F. The Hall–Kier alpha value is -3.52. The minimum absolute atomic E-state index is 0.147. The van der Waals surface area contributed by atoms with Crippen molar-refractivity contribution in [3.05, 3.63) is 95.6 Å². The highest BCUT2D eigenvalue weighted by Gasteiger charge is 2.43. The molecule has 178 valence electrons. The Morgan fingerprint density at radius 3 is 2.12 bits per heavy atom. The predicted molar refractivity (Wildman–Crippen MR) is 119 cm³/mol. The first-order valence-electron chi connectivity index (χ1n) is 10.9. The van der Waals surface area contributed by atoms with Crippen molar-refractivity contribution >= 4 is 5.97 Å². The van der Waals surface area contributed by atoms with E-state index in [9.17, 15) is 18.0 Å². The molecule has 0 saturated carbocycles. The van der Waals surface area contributed by atoms with Gasteiger partial charge in [0.25, 0.3) is 0 Å². The van der Waals surface area contributed by atoms with Gasteiger partial charge in [-0.2, -0.15) is 13.2 Å². The minimum Gasteiger partial charge on any atom is -0.489 e. The Morgan fingerprint density at radius 2 is 1.50 bits per heavy atom. The number of hydrogen-bond donors (Lipinski definition) is 0. The maximum Gasteiger partial charge on any atom is 0.492 e. The molecule has 1 aliphatic rings. The minimum atomic E-state index is -5.03. The molecule has 1 heterocycles. The molecule has 0 radical (unpaired) electrons. The third-order valence-electron chi connectivity index (χ3n) is 5.50. The Bertz CT molecular complexity index is 1090. The summed E-state index contributed by atoms with van der Waals surface area (Å²) in [6.07, 6.45) is -4.50. The van der Waals surface area contributed by atoms with E-state index in [2.05, 4.69) is 4.84 Å². The van der Waals surface area contributed by atoms with Crippen molar-refractivity contribution in [2.45, 2.75) is 31.7 Å². The van der Waals surface area contributed by atoms with Crippen LogP contribution >= 0.6 is 0 Å². The molecular formula is C26H24F3NO4. The van der Waals surface area contributed by atoms with Crippen LogP contribution in [0, 0.1) is 0 Å². The summed E-state index contributed by atoms with van der Waals surface area (Å²) in [6, 6.07) is 24.9. The molecule has 0 amide bonds. The smallest absolute Gasteiger partial charge is 0.489 e. The molecule has 34 heavy (non-hydrogen) atoms. The summed E-state index contributed by atoms with van der Waals surface area (Å²) >= 11 is 0. The third kappa shape index (κ3) is 6.29. The summed E-state index contributed by atoms with van der Waals surface area (Å²) in [5, 5.41) is 1.06. The van der Waals surface area contributed by atoms with Crippen LogP contribution in [0.2, 0.25) is 0 Å². The van der Waals surface area contributed by atoms with Crippen LogP contribution in [-0.2, 0) is 22.8 Å². The summed E-state index contributed by atoms with van der Waals surface area (Å²) in [5.41, 5.74) is 2.83. The Morgan fingerprint density at radius 1 is 0.882 bits per heavy atom. The Balaban J connectivity index is 1.49. The van der Waals surface area contributed by atoms with Crippen molar-refractivity contribution in [2.24, 2.45) is 0 Å². The predicted octanol–water partition coefficient (Wildman–Crippen LogP) is 5.65. The fourth-order valence-corrected chi connectivity index (χ4v) is 3.78. The summed E-state index contributed by atoms with van der Waals surface area (Å²) in [7, 11) is 0. The van der Waals surface area contributed by atoms with Crippen molar-refractivity contribution in [3.63, 3.8) is 0 Å². The van der Waals surface area contributed by atoms with E-state index in [0.717, 1.165) is 21.8 Å². The summed E-state index contributed by atoms with van der Waals surface area (Å²) in [4.78, 5) is 15.7. The number of alkyl halides is 3. The third-order valence-corrected chi connectivity index (χ3v) is 5.50. The first kappa shape index (κ1) is 23.6. The summed E-state index contributed by atoms with van der Waals surface area (Å²) in [5.74, 6) is -1.16. The summed E-state index contributed by atoms with van der Waals surface area (Å²) in [6.45, 7) is 1.07. The fraction of sp³-hybridized carbons (Fsp3) is 0.269. The number of hydroxylamine groups is 2. The molecule has 0 N–H and O–H groups in total. The van der Waals surface area contributed by atoms with E-state index in [1.54, 1.807) is 6.07 Å². The number of halogens is 3. The van der Waals surface area contributed by atoms with E-state index in [-0.39, 0.29) is 19.0 Å². The van der Waals surface area contributed by atoms with Gasteiger partial charge in [0.05, 0.1) is 0 Å². The van der Waals surface area contributed by atoms with Crippen molar-refractivity contribution < 1.29 is 32.3 Å². The lowest BCUT2D eigenvalue weighted by Crippen LogP contribution is -2.33. The second-order valence-electron chi connectivity index (χ2n) is 8.00. The highest BCUT2D eigenvalue weighted by molar-refractivity contribution is 5.75. The number of ether oxygens (including phenoxy) is 2. The molecule has 1 fully saturated rings. The van der Waals surface area contributed by atoms with E-state index < -0.39 is 12.1 Å². The molecule has 0 aliphatic carbocycles. The lowest BCUT2D eigenvalue weighted by molar-refractivity contribution is -0.235. The monoisotopic (exact) mass is 471 g/mol. The van der Waals surface area contributed by atoms with Gasteiger partial charge in [0.1, 0.15) is 24.7 Å². The van der Waals surface area contributed by atoms with Crippen molar-refractivity contribution in [3.8, 4) is 11.5 Å². The van der Waals surface area contributed by atoms with Crippen LogP contribution in [-0.4, -0.2) is 30.3 Å². The molecule has 0 aromatic heterocycles. The normalized spacial score (nSPS) is 16.3. The second kappa shape index (κ2) is 10.6. The second-order valence-corrected chi connectivity index (χ2v) is 8.00. The number of benzene rings is 3. The Labute approximate surface area is 195 Å². The molecule has 1 saturated heterocycles. The van der Waals surface area contributed by atoms with E-state index in [4.69, 9.17) is 9.47 Å². The molecular weight excluding hydrogens is 447 g/mol. The van der Waals surface area contributed by atoms with Gasteiger partial charge in [-0.25, -0.2) is 4.79 Å². The zero-order chi connectivity index (χ0) is 24.0. The first-order valence-corrected chi connectivity index (χ1v) is 10.9. The number of carbonyl (C=O) groups is 1. The van der Waals surface area contributed by atoms with Gasteiger partial charge in [-0.3, -0.25) is 0 Å². The van der Waals surface area contributed by atoms with Gasteiger partial charge in [-0.15, -0.1) is 5.06 Å². The van der Waals surface area contributed by atoms with Crippen LogP contribution in [0.4, 0.5) is 13.2 Å². The quantitative estimate of drug-likeness (QED) is 0.425. The molecule has 0 spiro atoms. The van der Waals surface area contributed by atoms with E-state index in [0.29, 0.717) is 31.1 Å². The highest BCUT2D eigenvalue weighted by Crippen LogP contribution is 2.37. The number of carbonyl (C=O) groups excluding carboxylic acids is 1. The fourth-order valence-electron chi connectivity index (χ4n) is 3.78. The molecule has 3 aromatic carbocycles. The molecule has 1 aliphatic heterocycles. The van der Waals surface area contributed by atoms with Crippen molar-refractivity contribution in [1.82, 2.24) is 5.06 Å². The molecule has 8 heteroatoms. The topological polar surface area (TPSA) is 48.0 Å². The molecule has 4 rings (SSSR count). The van der Waals surface area contributed by atoms with Crippen LogP contribution < -0.4 is 9.47 Å². The standard InChI is InChI=1S/C26H24F3NO4/c27-26(28,29)25(31)34-30-14-13-21(16-30)23-12-11-22(32-17-19-7-3-1-4-8-19)15-24(23)33-18-20-9-5-2-6-10-20/h1-12,15,21H,13-14,16-18H2. The summed E-state index contributed by atoms with van der Waals surface area (Å²) < 4.78 is 49.7. The van der Waals surface area contributed by atoms with E-state index in [1.807, 2.05) is 72.8 Å². The van der Waals surface area contributed by atoms with Gasteiger partial charge in [0.2, 0.25) is 0 Å². The van der Waals surface area contributed by atoms with E-state index in [1.165, 1.54) is 0 Å². The van der Waals surface area contributed by atoms with Gasteiger partial charge >= 0.3 is 12.1 Å². The molecule has 1 atom stereocenters. The van der Waals surface area contributed by atoms with Crippen LogP contribution in [0.15, 0.2) is 78.9 Å². The van der Waals surface area contributed by atoms with Gasteiger partial charge in [-0.1, -0.05) is 66.7 Å². The number of rotatable bonds is 8. The Kier molecular flexibility index (Phi) is 7.37. The molecule has 5 nitrogen and oxygen atoms in total. The molecule has 3 aromatic rings. The van der Waals surface area contributed by atoms with Gasteiger partial charge in [0, 0.05) is 25.1 Å². The van der Waals surface area contributed by atoms with Crippen LogP contribution in [0.25, 0.3) is 0 Å². The van der Waals surface area contributed by atoms with Gasteiger partial charge in [-0.05, 0) is 29.2 Å². The average Bonchev–Trinajstić information content (AvgIpc) is 3.30. The number of nitrogens with zero attached hydrogens (tertiary/aromatic N) is 1. The lowest BCUT2D eigenvalue weighted by Gasteiger charge is -2.19. The maximum absolute atomic E-state index is 12.6. The van der Waals surface area contributed by atoms with E-state index >= 15 is 0 Å². The lowest BCUT2D eigenvalue weighted by atomic mass is 9.97. The number of hydrogen-bond acceptors (Lipinski definition) is 5. The zero-order valence-corrected chi connectivity index (χ0v) is 18.3. The molecule has 0 bridgehead atoms. The first-order chi connectivity index (χ1) is 16.4. The van der Waals surface area contributed by atoms with Crippen LogP contribution in [0.5, 0.6) is 11.5 Å². The maximum atomic E-state index is 12.6. The highest BCUT2D eigenvalue weighted by atomic mass is 19.4. The van der Waals surface area contributed by atoms with Gasteiger partial charge in [0.15, 0.2) is 0 Å². The van der Waals surface area contributed by atoms with Gasteiger partial charge < -0.3 is 14.3 Å². The van der Waals surface area contributed by atoms with Crippen molar-refractivity contribution in [2.75, 3.05) is 13.1 Å². The van der Waals surface area contributed by atoms with Crippen molar-refractivity contribution in [1.29, 1.82) is 0 Å². The molecule has 1 unspecified atom stereocenters. The largest absolute Gasteiger partial charge is 0.492 e. The van der Waals surface area contributed by atoms with Crippen LogP contribution in [0.3, 0.4) is 0 Å². The average molecular weight is 471 g/mol. The van der Waals surface area contributed by atoms with Crippen LogP contribution in [0.1, 0.15) is 29.0 Å². The zero-order valence-electron chi connectivity index (χ0n) is 18.3.